The first kappa shape index (κ1) is 23.6. The number of aromatic nitrogens is 1. The Labute approximate surface area is 176 Å². The predicted octanol–water partition coefficient (Wildman–Crippen LogP) is 5.88. The lowest BCUT2D eigenvalue weighted by atomic mass is 10.0. The van der Waals surface area contributed by atoms with Gasteiger partial charge in [0.05, 0.1) is 10.1 Å². The SMILES string of the molecule is O=S(=O)(c1ccccc1)C(CCCCCCCCCCCCO)c1cccnc1. The topological polar surface area (TPSA) is 67.3 Å². The van der Waals surface area contributed by atoms with Crippen molar-refractivity contribution < 1.29 is 13.5 Å². The largest absolute Gasteiger partial charge is 0.396 e. The molecule has 0 amide bonds. The minimum Gasteiger partial charge on any atom is -0.396 e. The quantitative estimate of drug-likeness (QED) is 0.367. The Hall–Kier alpha value is -1.72. The maximum atomic E-state index is 13.2. The van der Waals surface area contributed by atoms with Crippen molar-refractivity contribution in [1.29, 1.82) is 0 Å². The molecule has 0 aliphatic heterocycles. The predicted molar refractivity (Wildman–Crippen MR) is 118 cm³/mol. The first-order chi connectivity index (χ1) is 14.2. The number of rotatable bonds is 15. The van der Waals surface area contributed by atoms with E-state index in [0.717, 1.165) is 37.7 Å². The number of nitrogens with zero attached hydrogens (tertiary/aromatic N) is 1. The van der Waals surface area contributed by atoms with E-state index in [1.165, 1.54) is 32.1 Å². The zero-order chi connectivity index (χ0) is 20.8. The van der Waals surface area contributed by atoms with E-state index in [9.17, 15) is 8.42 Å². The van der Waals surface area contributed by atoms with E-state index in [1.807, 2.05) is 18.2 Å². The van der Waals surface area contributed by atoms with Crippen LogP contribution in [0.5, 0.6) is 0 Å². The lowest BCUT2D eigenvalue weighted by Crippen LogP contribution is -2.14. The molecule has 160 valence electrons. The van der Waals surface area contributed by atoms with Gasteiger partial charge in [0.15, 0.2) is 9.84 Å². The van der Waals surface area contributed by atoms with Crippen LogP contribution in [0.3, 0.4) is 0 Å². The Balaban J connectivity index is 1.80. The molecule has 5 heteroatoms. The third-order valence-electron chi connectivity index (χ3n) is 5.38. The average Bonchev–Trinajstić information content (AvgIpc) is 2.75. The van der Waals surface area contributed by atoms with Gasteiger partial charge in [-0.3, -0.25) is 4.98 Å². The standard InChI is InChI=1S/C24H35NO3S/c26-20-13-8-6-4-2-1-3-5-7-12-18-24(22-15-14-19-25-21-22)29(27,28)23-16-10-9-11-17-23/h9-11,14-17,19,21,24,26H,1-8,12-13,18,20H2. The Kier molecular flexibility index (Phi) is 11.0. The fourth-order valence-electron chi connectivity index (χ4n) is 3.70. The second-order valence-electron chi connectivity index (χ2n) is 7.68. The third kappa shape index (κ3) is 8.27. The number of hydrogen-bond acceptors (Lipinski definition) is 4. The summed E-state index contributed by atoms with van der Waals surface area (Å²) < 4.78 is 26.4. The minimum atomic E-state index is -3.42. The van der Waals surface area contributed by atoms with E-state index in [-0.39, 0.29) is 0 Å². The van der Waals surface area contributed by atoms with Crippen LogP contribution >= 0.6 is 0 Å². The van der Waals surface area contributed by atoms with Crippen LogP contribution in [0.25, 0.3) is 0 Å². The zero-order valence-corrected chi connectivity index (χ0v) is 18.2. The van der Waals surface area contributed by atoms with Crippen LogP contribution in [-0.4, -0.2) is 25.1 Å². The summed E-state index contributed by atoms with van der Waals surface area (Å²) in [5.74, 6) is 0. The molecule has 0 aliphatic rings. The Morgan fingerprint density at radius 2 is 1.34 bits per heavy atom. The molecule has 4 nitrogen and oxygen atoms in total. The lowest BCUT2D eigenvalue weighted by molar-refractivity contribution is 0.282. The van der Waals surface area contributed by atoms with Crippen LogP contribution in [0, 0.1) is 0 Å². The molecular weight excluding hydrogens is 382 g/mol. The van der Waals surface area contributed by atoms with Crippen LogP contribution in [-0.2, 0) is 9.84 Å². The van der Waals surface area contributed by atoms with Crippen LogP contribution in [0.2, 0.25) is 0 Å². The molecule has 0 fully saturated rings. The van der Waals surface area contributed by atoms with E-state index in [0.29, 0.717) is 17.9 Å². The zero-order valence-electron chi connectivity index (χ0n) is 17.4. The molecule has 1 unspecified atom stereocenters. The molecule has 1 heterocycles. The van der Waals surface area contributed by atoms with Crippen molar-refractivity contribution in [2.24, 2.45) is 0 Å². The summed E-state index contributed by atoms with van der Waals surface area (Å²) >= 11 is 0. The molecule has 1 N–H and O–H groups in total. The summed E-state index contributed by atoms with van der Waals surface area (Å²) in [7, 11) is -3.42. The first-order valence-corrected chi connectivity index (χ1v) is 12.5. The molecule has 0 spiro atoms. The highest BCUT2D eigenvalue weighted by atomic mass is 32.2. The number of unbranched alkanes of at least 4 members (excludes halogenated alkanes) is 9. The van der Waals surface area contributed by atoms with Gasteiger partial charge in [-0.1, -0.05) is 82.1 Å². The monoisotopic (exact) mass is 417 g/mol. The Morgan fingerprint density at radius 1 is 0.759 bits per heavy atom. The summed E-state index contributed by atoms with van der Waals surface area (Å²) in [5.41, 5.74) is 0.777. The van der Waals surface area contributed by atoms with Crippen molar-refractivity contribution in [2.75, 3.05) is 6.61 Å². The Bertz CT molecular complexity index is 763. The van der Waals surface area contributed by atoms with Crippen LogP contribution in [0.1, 0.15) is 81.4 Å². The molecular formula is C24H35NO3S. The fourth-order valence-corrected chi connectivity index (χ4v) is 5.54. The summed E-state index contributed by atoms with van der Waals surface area (Å²) in [6.45, 7) is 0.306. The normalized spacial score (nSPS) is 12.7. The van der Waals surface area contributed by atoms with Crippen LogP contribution in [0.15, 0.2) is 59.8 Å². The fraction of sp³-hybridized carbons (Fsp3) is 0.542. The van der Waals surface area contributed by atoms with Crippen molar-refractivity contribution in [1.82, 2.24) is 4.98 Å². The van der Waals surface area contributed by atoms with E-state index in [2.05, 4.69) is 4.98 Å². The maximum absolute atomic E-state index is 13.2. The minimum absolute atomic E-state index is 0.306. The molecule has 0 saturated carbocycles. The van der Waals surface area contributed by atoms with Crippen molar-refractivity contribution in [3.05, 3.63) is 60.4 Å². The van der Waals surface area contributed by atoms with Gasteiger partial charge < -0.3 is 5.11 Å². The molecule has 29 heavy (non-hydrogen) atoms. The molecule has 1 aromatic heterocycles. The molecule has 0 saturated heterocycles. The summed E-state index contributed by atoms with van der Waals surface area (Å²) in [4.78, 5) is 4.52. The van der Waals surface area contributed by atoms with Gasteiger partial charge in [-0.2, -0.15) is 0 Å². The van der Waals surface area contributed by atoms with Gasteiger partial charge in [0.1, 0.15) is 0 Å². The second-order valence-corrected chi connectivity index (χ2v) is 9.81. The van der Waals surface area contributed by atoms with Gasteiger partial charge >= 0.3 is 0 Å². The molecule has 1 aromatic carbocycles. The molecule has 2 aromatic rings. The number of aliphatic hydroxyl groups is 1. The van der Waals surface area contributed by atoms with Crippen molar-refractivity contribution >= 4 is 9.84 Å². The highest BCUT2D eigenvalue weighted by molar-refractivity contribution is 7.91. The van der Waals surface area contributed by atoms with Crippen molar-refractivity contribution in [3.63, 3.8) is 0 Å². The average molecular weight is 418 g/mol. The smallest absolute Gasteiger partial charge is 0.185 e. The van der Waals surface area contributed by atoms with E-state index in [4.69, 9.17) is 5.11 Å². The highest BCUT2D eigenvalue weighted by Crippen LogP contribution is 2.33. The number of hydrogen-bond donors (Lipinski definition) is 1. The van der Waals surface area contributed by atoms with Crippen LogP contribution < -0.4 is 0 Å². The van der Waals surface area contributed by atoms with Gasteiger partial charge in [-0.25, -0.2) is 8.42 Å². The van der Waals surface area contributed by atoms with Crippen molar-refractivity contribution in [3.8, 4) is 0 Å². The van der Waals surface area contributed by atoms with Crippen LogP contribution in [0.4, 0.5) is 0 Å². The van der Waals surface area contributed by atoms with Gasteiger partial charge in [0.2, 0.25) is 0 Å². The molecule has 0 bridgehead atoms. The van der Waals surface area contributed by atoms with E-state index in [1.54, 1.807) is 36.7 Å². The van der Waals surface area contributed by atoms with Gasteiger partial charge in [0.25, 0.3) is 0 Å². The molecule has 2 rings (SSSR count). The van der Waals surface area contributed by atoms with Gasteiger partial charge in [-0.15, -0.1) is 0 Å². The van der Waals surface area contributed by atoms with Crippen molar-refractivity contribution in [2.45, 2.75) is 80.8 Å². The molecule has 0 aliphatic carbocycles. The number of aliphatic hydroxyl groups excluding tert-OH is 1. The summed E-state index contributed by atoms with van der Waals surface area (Å²) in [6.07, 6.45) is 15.3. The second kappa shape index (κ2) is 13.5. The van der Waals surface area contributed by atoms with E-state index < -0.39 is 15.1 Å². The van der Waals surface area contributed by atoms with Gasteiger partial charge in [0, 0.05) is 19.0 Å². The highest BCUT2D eigenvalue weighted by Gasteiger charge is 2.28. The van der Waals surface area contributed by atoms with E-state index >= 15 is 0 Å². The summed E-state index contributed by atoms with van der Waals surface area (Å²) in [6, 6.07) is 12.4. The number of pyridine rings is 1. The number of sulfone groups is 1. The summed E-state index contributed by atoms with van der Waals surface area (Å²) in [5, 5.41) is 8.24. The van der Waals surface area contributed by atoms with Gasteiger partial charge in [-0.05, 0) is 36.6 Å². The molecule has 1 atom stereocenters. The number of benzene rings is 1. The maximum Gasteiger partial charge on any atom is 0.185 e. The third-order valence-corrected chi connectivity index (χ3v) is 7.56. The Morgan fingerprint density at radius 3 is 1.90 bits per heavy atom. The molecule has 0 radical (unpaired) electrons. The lowest BCUT2D eigenvalue weighted by Gasteiger charge is -2.18. The first-order valence-electron chi connectivity index (χ1n) is 11.0.